The highest BCUT2D eigenvalue weighted by Gasteiger charge is 2.42. The topological polar surface area (TPSA) is 90.5 Å². The van der Waals surface area contributed by atoms with Crippen molar-refractivity contribution in [2.75, 3.05) is 19.6 Å². The van der Waals surface area contributed by atoms with Gasteiger partial charge < -0.3 is 16.0 Å². The van der Waals surface area contributed by atoms with Crippen molar-refractivity contribution in [3.63, 3.8) is 0 Å². The van der Waals surface area contributed by atoms with Gasteiger partial charge in [-0.25, -0.2) is 0 Å². The van der Waals surface area contributed by atoms with Crippen molar-refractivity contribution in [1.29, 1.82) is 0 Å². The van der Waals surface area contributed by atoms with E-state index < -0.39 is 17.5 Å². The summed E-state index contributed by atoms with van der Waals surface area (Å²) in [5.74, 6) is -0.971. The lowest BCUT2D eigenvalue weighted by molar-refractivity contribution is -0.157. The van der Waals surface area contributed by atoms with E-state index in [0.29, 0.717) is 19.4 Å². The molecule has 2 atom stereocenters. The summed E-state index contributed by atoms with van der Waals surface area (Å²) >= 11 is 3.50. The number of hydrogen-bond donors (Lipinski definition) is 3. The molecule has 0 unspecified atom stereocenters. The second-order valence-corrected chi connectivity index (χ2v) is 12.7. The minimum Gasteiger partial charge on any atom is -0.354 e. The Labute approximate surface area is 263 Å². The molecule has 1 fully saturated rings. The van der Waals surface area contributed by atoms with Crippen LogP contribution in [0.3, 0.4) is 0 Å². The highest BCUT2D eigenvalue weighted by molar-refractivity contribution is 9.10. The monoisotopic (exact) mass is 656 g/mol. The number of carbonyl (C=O) groups excluding carboxylic acids is 3. The quantitative estimate of drug-likeness (QED) is 0.241. The van der Waals surface area contributed by atoms with Crippen LogP contribution < -0.4 is 16.0 Å². The van der Waals surface area contributed by atoms with Gasteiger partial charge in [0.15, 0.2) is 0 Å². The van der Waals surface area contributed by atoms with Crippen LogP contribution in [0.4, 0.5) is 0 Å². The molecule has 0 bridgehead atoms. The van der Waals surface area contributed by atoms with Gasteiger partial charge in [-0.1, -0.05) is 91.3 Å². The third-order valence-electron chi connectivity index (χ3n) is 7.36. The largest absolute Gasteiger partial charge is 0.354 e. The summed E-state index contributed by atoms with van der Waals surface area (Å²) in [6.45, 7) is 7.99. The molecular weight excluding hydrogens is 616 g/mol. The van der Waals surface area contributed by atoms with E-state index in [2.05, 4.69) is 44.0 Å². The van der Waals surface area contributed by atoms with E-state index in [1.807, 2.05) is 54.6 Å². The van der Waals surface area contributed by atoms with Gasteiger partial charge >= 0.3 is 0 Å². The molecule has 1 aliphatic rings. The first-order valence-corrected chi connectivity index (χ1v) is 15.2. The fraction of sp³-hybridized carbons (Fsp3) is 0.424. The molecule has 0 aliphatic carbocycles. The van der Waals surface area contributed by atoms with Crippen LogP contribution in [0.15, 0.2) is 71.2 Å². The van der Waals surface area contributed by atoms with Crippen LogP contribution in [0.25, 0.3) is 10.8 Å². The molecule has 1 aliphatic heterocycles. The van der Waals surface area contributed by atoms with Crippen molar-refractivity contribution in [3.05, 3.63) is 82.3 Å². The minimum atomic E-state index is -0.951. The van der Waals surface area contributed by atoms with Gasteiger partial charge in [0.2, 0.25) is 17.7 Å². The van der Waals surface area contributed by atoms with Gasteiger partial charge in [-0.15, -0.1) is 12.4 Å². The molecule has 4 rings (SSSR count). The van der Waals surface area contributed by atoms with Gasteiger partial charge in [-0.3, -0.25) is 19.3 Å². The Morgan fingerprint density at radius 1 is 0.976 bits per heavy atom. The summed E-state index contributed by atoms with van der Waals surface area (Å²) < 4.78 is 1.04. The highest BCUT2D eigenvalue weighted by atomic mass is 79.9. The fourth-order valence-corrected chi connectivity index (χ4v) is 5.58. The van der Waals surface area contributed by atoms with E-state index in [1.54, 1.807) is 20.8 Å². The summed E-state index contributed by atoms with van der Waals surface area (Å²) in [6.07, 6.45) is 2.48. The maximum absolute atomic E-state index is 13.8. The zero-order valence-corrected chi connectivity index (χ0v) is 27.0. The van der Waals surface area contributed by atoms with Crippen molar-refractivity contribution in [2.24, 2.45) is 5.41 Å². The number of benzene rings is 3. The van der Waals surface area contributed by atoms with Crippen LogP contribution in [-0.4, -0.2) is 54.3 Å². The Morgan fingerprint density at radius 3 is 2.43 bits per heavy atom. The van der Waals surface area contributed by atoms with Gasteiger partial charge in [0, 0.05) is 29.4 Å². The molecule has 9 heteroatoms. The van der Waals surface area contributed by atoms with Crippen LogP contribution in [0, 0.1) is 5.41 Å². The summed E-state index contributed by atoms with van der Waals surface area (Å²) in [5.41, 5.74) is 1.25. The molecular formula is C33H42BrClN4O3. The van der Waals surface area contributed by atoms with Crippen molar-refractivity contribution >= 4 is 56.8 Å². The summed E-state index contributed by atoms with van der Waals surface area (Å²) in [7, 11) is 0. The number of nitrogens with one attached hydrogen (secondary N) is 3. The number of imide groups is 1. The number of rotatable bonds is 11. The number of amides is 3. The first-order chi connectivity index (χ1) is 19.6. The van der Waals surface area contributed by atoms with Crippen molar-refractivity contribution in [2.45, 2.75) is 65.1 Å². The summed E-state index contributed by atoms with van der Waals surface area (Å²) in [6, 6.07) is 20.8. The number of fused-ring (bicyclic) bond motifs is 1. The molecule has 42 heavy (non-hydrogen) atoms. The highest BCUT2D eigenvalue weighted by Crippen LogP contribution is 2.25. The van der Waals surface area contributed by atoms with E-state index in [1.165, 1.54) is 10.5 Å². The van der Waals surface area contributed by atoms with E-state index in [4.69, 9.17) is 0 Å². The van der Waals surface area contributed by atoms with Gasteiger partial charge in [0.25, 0.3) is 0 Å². The predicted octanol–water partition coefficient (Wildman–Crippen LogP) is 5.38. The molecule has 0 aromatic heterocycles. The lowest BCUT2D eigenvalue weighted by Crippen LogP contribution is -2.59. The maximum atomic E-state index is 13.8. The molecule has 3 aromatic carbocycles. The summed E-state index contributed by atoms with van der Waals surface area (Å²) in [5, 5.41) is 11.8. The molecule has 0 spiro atoms. The van der Waals surface area contributed by atoms with E-state index in [9.17, 15) is 14.4 Å². The van der Waals surface area contributed by atoms with E-state index in [0.717, 1.165) is 46.9 Å². The minimum absolute atomic E-state index is 0. The van der Waals surface area contributed by atoms with Crippen LogP contribution in [-0.2, 0) is 27.3 Å². The first-order valence-electron chi connectivity index (χ1n) is 14.4. The van der Waals surface area contributed by atoms with Crippen LogP contribution in [0.5, 0.6) is 0 Å². The van der Waals surface area contributed by atoms with Crippen molar-refractivity contribution in [1.82, 2.24) is 20.9 Å². The fourth-order valence-electron chi connectivity index (χ4n) is 5.13. The second-order valence-electron chi connectivity index (χ2n) is 11.8. The Hall–Kier alpha value is -2.78. The first kappa shape index (κ1) is 33.7. The zero-order chi connectivity index (χ0) is 29.4. The van der Waals surface area contributed by atoms with Crippen molar-refractivity contribution in [3.8, 4) is 0 Å². The molecule has 1 saturated heterocycles. The summed E-state index contributed by atoms with van der Waals surface area (Å²) in [4.78, 5) is 42.6. The molecule has 0 saturated carbocycles. The molecule has 7 nitrogen and oxygen atoms in total. The zero-order valence-electron chi connectivity index (χ0n) is 24.6. The van der Waals surface area contributed by atoms with Gasteiger partial charge in [0.1, 0.15) is 6.04 Å². The second kappa shape index (κ2) is 15.6. The lowest BCUT2D eigenvalue weighted by Gasteiger charge is -2.35. The maximum Gasteiger partial charge on any atom is 0.247 e. The van der Waals surface area contributed by atoms with E-state index in [-0.39, 0.29) is 36.5 Å². The molecule has 3 amide bonds. The van der Waals surface area contributed by atoms with E-state index >= 15 is 0 Å². The smallest absolute Gasteiger partial charge is 0.247 e. The average Bonchev–Trinajstić information content (AvgIpc) is 3.49. The third-order valence-corrected chi connectivity index (χ3v) is 7.85. The Kier molecular flexibility index (Phi) is 12.5. The third kappa shape index (κ3) is 9.11. The standard InChI is InChI=1S/C33H41BrN4O3.ClH/c1-33(2,3)32(41)38(31(40)28-13-7-17-36-28)29(21-23-14-15-25-10-4-5-11-26(25)19-23)30(39)37-18-8-16-35-22-24-9-6-12-27(34)20-24;/h4-6,9-12,14-15,19-20,28-29,35-36H,7-8,13,16-18,21-22H2,1-3H3,(H,37,39);1H/t28-,29+;/m0./s1. The number of carbonyl (C=O) groups is 3. The predicted molar refractivity (Wildman–Crippen MR) is 174 cm³/mol. The number of nitrogens with zero attached hydrogens (tertiary/aromatic N) is 1. The molecule has 226 valence electrons. The molecule has 3 aromatic rings. The van der Waals surface area contributed by atoms with Crippen molar-refractivity contribution < 1.29 is 14.4 Å². The molecule has 1 heterocycles. The SMILES string of the molecule is CC(C)(C)C(=O)N(C(=O)[C@@H]1CCCN1)[C@H](Cc1ccc2ccccc2c1)C(=O)NCCCNCc1cccc(Br)c1.Cl. The van der Waals surface area contributed by atoms with Crippen LogP contribution in [0.1, 0.15) is 51.2 Å². The molecule has 3 N–H and O–H groups in total. The van der Waals surface area contributed by atoms with Gasteiger partial charge in [0.05, 0.1) is 6.04 Å². The number of halogens is 2. The lowest BCUT2D eigenvalue weighted by atomic mass is 9.91. The Balaban J connectivity index is 0.00000484. The number of hydrogen-bond acceptors (Lipinski definition) is 5. The average molecular weight is 658 g/mol. The van der Waals surface area contributed by atoms with Crippen LogP contribution in [0.2, 0.25) is 0 Å². The van der Waals surface area contributed by atoms with Crippen LogP contribution >= 0.6 is 28.3 Å². The Bertz CT molecular complexity index is 1370. The normalized spacial score (nSPS) is 15.6. The van der Waals surface area contributed by atoms with Gasteiger partial charge in [-0.2, -0.15) is 0 Å². The molecule has 0 radical (unpaired) electrons. The Morgan fingerprint density at radius 2 is 1.74 bits per heavy atom. The van der Waals surface area contributed by atoms with Gasteiger partial charge in [-0.05, 0) is 66.4 Å².